The lowest BCUT2D eigenvalue weighted by Crippen LogP contribution is -2.36. The van der Waals surface area contributed by atoms with Gasteiger partial charge in [-0.05, 0) is 50.5 Å². The lowest BCUT2D eigenvalue weighted by Gasteiger charge is -2.26. The third-order valence-electron chi connectivity index (χ3n) is 4.50. The van der Waals surface area contributed by atoms with E-state index < -0.39 is 0 Å². The van der Waals surface area contributed by atoms with E-state index in [0.717, 1.165) is 38.0 Å². The second-order valence-corrected chi connectivity index (χ2v) is 6.17. The average molecular weight is 337 g/mol. The molecular weight excluding hydrogens is 314 g/mol. The number of carbonyl (C=O) groups is 2. The summed E-state index contributed by atoms with van der Waals surface area (Å²) in [7, 11) is 0. The lowest BCUT2D eigenvalue weighted by molar-refractivity contribution is 0.0718. The average Bonchev–Trinajstić information content (AvgIpc) is 2.69. The van der Waals surface area contributed by atoms with Gasteiger partial charge in [-0.2, -0.15) is 0 Å². The molecule has 2 amide bonds. The van der Waals surface area contributed by atoms with Crippen LogP contribution in [0.2, 0.25) is 0 Å². The predicted octanol–water partition coefficient (Wildman–Crippen LogP) is 3.37. The van der Waals surface area contributed by atoms with E-state index in [0.29, 0.717) is 17.8 Å². The Morgan fingerprint density at radius 1 is 1.08 bits per heavy atom. The molecule has 0 bridgehead atoms. The number of hydrogen-bond donors (Lipinski definition) is 0. The molecule has 1 aromatic carbocycles. The molecule has 2 heterocycles. The van der Waals surface area contributed by atoms with Crippen LogP contribution in [0.15, 0.2) is 48.7 Å². The minimum Gasteiger partial charge on any atom is -0.337 e. The Balaban J connectivity index is 1.82. The van der Waals surface area contributed by atoms with Crippen molar-refractivity contribution < 1.29 is 9.59 Å². The van der Waals surface area contributed by atoms with Crippen molar-refractivity contribution in [1.29, 1.82) is 0 Å². The highest BCUT2D eigenvalue weighted by molar-refractivity contribution is 6.07. The summed E-state index contributed by atoms with van der Waals surface area (Å²) in [5.41, 5.74) is 1.67. The van der Waals surface area contributed by atoms with E-state index >= 15 is 0 Å². The fourth-order valence-electron chi connectivity index (χ4n) is 3.15. The zero-order chi connectivity index (χ0) is 17.6. The summed E-state index contributed by atoms with van der Waals surface area (Å²) in [4.78, 5) is 33.2. The van der Waals surface area contributed by atoms with Crippen LogP contribution in [-0.2, 0) is 0 Å². The van der Waals surface area contributed by atoms with Gasteiger partial charge in [0.25, 0.3) is 11.8 Å². The van der Waals surface area contributed by atoms with Crippen molar-refractivity contribution >= 4 is 17.5 Å². The Labute approximate surface area is 148 Å². The number of carbonyl (C=O) groups excluding carboxylic acids is 2. The molecule has 3 rings (SSSR count). The molecule has 25 heavy (non-hydrogen) atoms. The molecular formula is C20H23N3O2. The topological polar surface area (TPSA) is 53.5 Å². The Morgan fingerprint density at radius 2 is 1.80 bits per heavy atom. The van der Waals surface area contributed by atoms with Gasteiger partial charge in [0.05, 0.1) is 0 Å². The van der Waals surface area contributed by atoms with Crippen LogP contribution in [0.5, 0.6) is 0 Å². The number of pyridine rings is 1. The van der Waals surface area contributed by atoms with Crippen molar-refractivity contribution in [3.8, 4) is 0 Å². The highest BCUT2D eigenvalue weighted by atomic mass is 16.2. The normalized spacial score (nSPS) is 14.2. The van der Waals surface area contributed by atoms with Crippen molar-refractivity contribution in [3.63, 3.8) is 0 Å². The Hall–Kier alpha value is -2.69. The monoisotopic (exact) mass is 337 g/mol. The van der Waals surface area contributed by atoms with Crippen molar-refractivity contribution in [3.05, 3.63) is 59.9 Å². The number of benzene rings is 1. The van der Waals surface area contributed by atoms with Crippen molar-refractivity contribution in [2.24, 2.45) is 0 Å². The quantitative estimate of drug-likeness (QED) is 0.859. The zero-order valence-electron chi connectivity index (χ0n) is 14.5. The third-order valence-corrected chi connectivity index (χ3v) is 4.50. The summed E-state index contributed by atoms with van der Waals surface area (Å²) in [6, 6.07) is 12.8. The fraction of sp³-hybridized carbons (Fsp3) is 0.350. The van der Waals surface area contributed by atoms with E-state index in [1.165, 1.54) is 0 Å². The zero-order valence-corrected chi connectivity index (χ0v) is 14.5. The summed E-state index contributed by atoms with van der Waals surface area (Å²) in [6.45, 7) is 4.03. The lowest BCUT2D eigenvalue weighted by atomic mass is 10.1. The highest BCUT2D eigenvalue weighted by Gasteiger charge is 2.22. The highest BCUT2D eigenvalue weighted by Crippen LogP contribution is 2.18. The second kappa shape index (κ2) is 7.92. The summed E-state index contributed by atoms with van der Waals surface area (Å²) in [5.74, 6) is -0.207. The molecule has 130 valence electrons. The number of aromatic nitrogens is 1. The minimum atomic E-state index is -0.121. The first-order valence-electron chi connectivity index (χ1n) is 8.83. The van der Waals surface area contributed by atoms with Crippen LogP contribution in [-0.4, -0.2) is 41.3 Å². The number of para-hydroxylation sites is 1. The van der Waals surface area contributed by atoms with Crippen molar-refractivity contribution in [2.75, 3.05) is 24.5 Å². The number of piperidine rings is 1. The third kappa shape index (κ3) is 3.87. The molecule has 0 radical (unpaired) electrons. The molecule has 0 N–H and O–H groups in total. The largest absolute Gasteiger partial charge is 0.337 e. The maximum Gasteiger partial charge on any atom is 0.272 e. The van der Waals surface area contributed by atoms with E-state index in [1.54, 1.807) is 23.2 Å². The molecule has 0 atom stereocenters. The van der Waals surface area contributed by atoms with Gasteiger partial charge in [0.1, 0.15) is 5.69 Å². The van der Waals surface area contributed by atoms with Crippen LogP contribution in [0.3, 0.4) is 0 Å². The summed E-state index contributed by atoms with van der Waals surface area (Å²) in [5, 5.41) is 0. The summed E-state index contributed by atoms with van der Waals surface area (Å²) >= 11 is 0. The molecule has 1 fully saturated rings. The van der Waals surface area contributed by atoms with E-state index in [2.05, 4.69) is 4.98 Å². The van der Waals surface area contributed by atoms with Crippen LogP contribution in [0, 0.1) is 0 Å². The Bertz CT molecular complexity index is 740. The molecule has 0 spiro atoms. The second-order valence-electron chi connectivity index (χ2n) is 6.17. The van der Waals surface area contributed by atoms with Gasteiger partial charge in [-0.1, -0.05) is 18.2 Å². The first kappa shape index (κ1) is 17.1. The number of amides is 2. The SMILES string of the molecule is CCN(C(=O)c1ccnc(C(=O)N2CCCCC2)c1)c1ccccc1. The van der Waals surface area contributed by atoms with Gasteiger partial charge in [0.15, 0.2) is 0 Å². The minimum absolute atomic E-state index is 0.0860. The Kier molecular flexibility index (Phi) is 5.43. The molecule has 0 aliphatic carbocycles. The van der Waals surface area contributed by atoms with Crippen molar-refractivity contribution in [2.45, 2.75) is 26.2 Å². The van der Waals surface area contributed by atoms with Crippen LogP contribution in [0.25, 0.3) is 0 Å². The number of nitrogens with zero attached hydrogens (tertiary/aromatic N) is 3. The molecule has 1 saturated heterocycles. The predicted molar refractivity (Wildman–Crippen MR) is 97.8 cm³/mol. The van der Waals surface area contributed by atoms with Crippen LogP contribution in [0.4, 0.5) is 5.69 Å². The van der Waals surface area contributed by atoms with E-state index in [9.17, 15) is 9.59 Å². The number of likely N-dealkylation sites (tertiary alicyclic amines) is 1. The molecule has 5 nitrogen and oxygen atoms in total. The maximum atomic E-state index is 12.9. The molecule has 1 aromatic heterocycles. The fourth-order valence-corrected chi connectivity index (χ4v) is 3.15. The number of hydrogen-bond acceptors (Lipinski definition) is 3. The van der Waals surface area contributed by atoms with Gasteiger partial charge in [-0.3, -0.25) is 14.6 Å². The first-order chi connectivity index (χ1) is 12.2. The molecule has 1 aliphatic rings. The molecule has 5 heteroatoms. The van der Waals surface area contributed by atoms with Crippen molar-refractivity contribution in [1.82, 2.24) is 9.88 Å². The van der Waals surface area contributed by atoms with Crippen LogP contribution >= 0.6 is 0 Å². The molecule has 0 unspecified atom stereocenters. The molecule has 0 saturated carbocycles. The van der Waals surface area contributed by atoms with Gasteiger partial charge in [-0.15, -0.1) is 0 Å². The molecule has 1 aliphatic heterocycles. The Morgan fingerprint density at radius 3 is 2.48 bits per heavy atom. The maximum absolute atomic E-state index is 12.9. The number of anilines is 1. The van der Waals surface area contributed by atoms with Gasteiger partial charge in [0, 0.05) is 37.1 Å². The van der Waals surface area contributed by atoms with Gasteiger partial charge in [0.2, 0.25) is 0 Å². The first-order valence-corrected chi connectivity index (χ1v) is 8.83. The van der Waals surface area contributed by atoms with Gasteiger partial charge < -0.3 is 9.80 Å². The standard InChI is InChI=1S/C20H23N3O2/c1-2-23(17-9-5-3-6-10-17)19(24)16-11-12-21-18(15-16)20(25)22-13-7-4-8-14-22/h3,5-6,9-12,15H,2,4,7-8,13-14H2,1H3. The van der Waals surface area contributed by atoms with E-state index in [-0.39, 0.29) is 11.8 Å². The molecule has 2 aromatic rings. The summed E-state index contributed by atoms with van der Waals surface area (Å²) in [6.07, 6.45) is 4.77. The van der Waals surface area contributed by atoms with E-state index in [1.807, 2.05) is 42.2 Å². The van der Waals surface area contributed by atoms with Crippen LogP contribution < -0.4 is 4.90 Å². The summed E-state index contributed by atoms with van der Waals surface area (Å²) < 4.78 is 0. The van der Waals surface area contributed by atoms with Crippen LogP contribution in [0.1, 0.15) is 47.0 Å². The number of rotatable bonds is 4. The van der Waals surface area contributed by atoms with E-state index in [4.69, 9.17) is 0 Å². The van der Waals surface area contributed by atoms with Gasteiger partial charge in [-0.25, -0.2) is 0 Å². The smallest absolute Gasteiger partial charge is 0.272 e. The van der Waals surface area contributed by atoms with Gasteiger partial charge >= 0.3 is 0 Å².